The van der Waals surface area contributed by atoms with Gasteiger partial charge in [-0.15, -0.1) is 11.6 Å². The normalized spacial score (nSPS) is 11.5. The van der Waals surface area contributed by atoms with Crippen LogP contribution in [0.4, 0.5) is 0 Å². The lowest BCUT2D eigenvalue weighted by atomic mass is 10.2. The topological polar surface area (TPSA) is 30.7 Å². The van der Waals surface area contributed by atoms with Gasteiger partial charge in [-0.2, -0.15) is 0 Å². The Morgan fingerprint density at radius 3 is 2.77 bits per heavy atom. The summed E-state index contributed by atoms with van der Waals surface area (Å²) < 4.78 is 2.39. The number of rotatable bonds is 7. The Bertz CT molecular complexity index is 763. The highest BCUT2D eigenvalue weighted by Gasteiger charge is 2.13. The predicted octanol–water partition coefficient (Wildman–Crippen LogP) is 4.95. The zero-order valence-corrected chi connectivity index (χ0v) is 13.8. The average molecular weight is 316 g/mol. The SMILES string of the molecule is CCCCc1nc2cnc3ccccc3c2n1CCCCCl. The molecule has 3 nitrogen and oxygen atoms in total. The highest BCUT2D eigenvalue weighted by molar-refractivity contribution is 6.17. The predicted molar refractivity (Wildman–Crippen MR) is 93.6 cm³/mol. The van der Waals surface area contributed by atoms with Gasteiger partial charge >= 0.3 is 0 Å². The Labute approximate surface area is 136 Å². The summed E-state index contributed by atoms with van der Waals surface area (Å²) in [6, 6.07) is 8.32. The van der Waals surface area contributed by atoms with E-state index in [0.717, 1.165) is 42.7 Å². The lowest BCUT2D eigenvalue weighted by Crippen LogP contribution is -2.05. The van der Waals surface area contributed by atoms with Crippen LogP contribution in [0, 0.1) is 0 Å². The summed E-state index contributed by atoms with van der Waals surface area (Å²) in [5.74, 6) is 1.91. The largest absolute Gasteiger partial charge is 0.327 e. The number of hydrogen-bond acceptors (Lipinski definition) is 2. The molecule has 116 valence electrons. The van der Waals surface area contributed by atoms with E-state index in [-0.39, 0.29) is 0 Å². The van der Waals surface area contributed by atoms with E-state index >= 15 is 0 Å². The molecule has 2 aromatic heterocycles. The molecule has 0 aliphatic rings. The Kier molecular flexibility index (Phi) is 4.94. The Morgan fingerprint density at radius 2 is 1.95 bits per heavy atom. The monoisotopic (exact) mass is 315 g/mol. The van der Waals surface area contributed by atoms with E-state index < -0.39 is 0 Å². The number of benzene rings is 1. The van der Waals surface area contributed by atoms with Gasteiger partial charge in [-0.25, -0.2) is 4.98 Å². The quantitative estimate of drug-likeness (QED) is 0.456. The van der Waals surface area contributed by atoms with Gasteiger partial charge in [0, 0.05) is 24.2 Å². The summed E-state index contributed by atoms with van der Waals surface area (Å²) in [4.78, 5) is 9.39. The van der Waals surface area contributed by atoms with Gasteiger partial charge in [-0.3, -0.25) is 4.98 Å². The van der Waals surface area contributed by atoms with Crippen molar-refractivity contribution >= 4 is 33.5 Å². The van der Waals surface area contributed by atoms with Crippen molar-refractivity contribution in [3.05, 3.63) is 36.3 Å². The van der Waals surface area contributed by atoms with E-state index in [1.807, 2.05) is 12.3 Å². The van der Waals surface area contributed by atoms with Crippen molar-refractivity contribution in [1.29, 1.82) is 0 Å². The molecule has 0 saturated carbocycles. The Hall–Kier alpha value is -1.61. The summed E-state index contributed by atoms with van der Waals surface area (Å²) >= 11 is 5.84. The van der Waals surface area contributed by atoms with Gasteiger partial charge in [0.1, 0.15) is 11.3 Å². The Balaban J connectivity index is 2.12. The first kappa shape index (κ1) is 15.3. The molecule has 0 N–H and O–H groups in total. The highest BCUT2D eigenvalue weighted by atomic mass is 35.5. The van der Waals surface area contributed by atoms with Gasteiger partial charge < -0.3 is 4.57 Å². The fourth-order valence-corrected chi connectivity index (χ4v) is 3.13. The molecule has 0 aliphatic carbocycles. The standard InChI is InChI=1S/C18H22ClN3/c1-2-3-10-17-21-16-13-20-15-9-5-4-8-14(15)18(16)22(17)12-7-6-11-19/h4-5,8-9,13H,2-3,6-7,10-12H2,1H3. The van der Waals surface area contributed by atoms with Crippen LogP contribution in [-0.2, 0) is 13.0 Å². The van der Waals surface area contributed by atoms with Gasteiger partial charge in [0.25, 0.3) is 0 Å². The van der Waals surface area contributed by atoms with E-state index in [9.17, 15) is 0 Å². The zero-order valence-electron chi connectivity index (χ0n) is 13.1. The molecule has 0 amide bonds. The first-order chi connectivity index (χ1) is 10.8. The molecule has 0 aliphatic heterocycles. The molecule has 0 fully saturated rings. The first-order valence-corrected chi connectivity index (χ1v) is 8.67. The molecule has 4 heteroatoms. The molecule has 3 rings (SSSR count). The number of alkyl halides is 1. The van der Waals surface area contributed by atoms with Crippen LogP contribution < -0.4 is 0 Å². The molecule has 0 saturated heterocycles. The molecule has 0 bridgehead atoms. The van der Waals surface area contributed by atoms with Gasteiger partial charge in [0.2, 0.25) is 0 Å². The van der Waals surface area contributed by atoms with Crippen molar-refractivity contribution in [2.45, 2.75) is 45.6 Å². The van der Waals surface area contributed by atoms with Gasteiger partial charge in [-0.05, 0) is 25.3 Å². The summed E-state index contributed by atoms with van der Waals surface area (Å²) in [6.07, 6.45) is 7.42. The Morgan fingerprint density at radius 1 is 1.09 bits per heavy atom. The van der Waals surface area contributed by atoms with Gasteiger partial charge in [-0.1, -0.05) is 31.5 Å². The third kappa shape index (κ3) is 2.95. The van der Waals surface area contributed by atoms with Gasteiger partial charge in [0.05, 0.1) is 17.2 Å². The van der Waals surface area contributed by atoms with Crippen LogP contribution in [-0.4, -0.2) is 20.4 Å². The summed E-state index contributed by atoms with van der Waals surface area (Å²) in [5.41, 5.74) is 3.28. The first-order valence-electron chi connectivity index (χ1n) is 8.14. The van der Waals surface area contributed by atoms with Crippen molar-refractivity contribution in [1.82, 2.24) is 14.5 Å². The summed E-state index contributed by atoms with van der Waals surface area (Å²) in [7, 11) is 0. The number of aryl methyl sites for hydroxylation is 2. The number of nitrogens with zero attached hydrogens (tertiary/aromatic N) is 3. The second-order valence-electron chi connectivity index (χ2n) is 5.69. The minimum absolute atomic E-state index is 0.721. The van der Waals surface area contributed by atoms with Crippen LogP contribution >= 0.6 is 11.6 Å². The van der Waals surface area contributed by atoms with Crippen LogP contribution in [0.15, 0.2) is 30.5 Å². The van der Waals surface area contributed by atoms with E-state index in [2.05, 4.69) is 34.7 Å². The maximum atomic E-state index is 5.84. The van der Waals surface area contributed by atoms with E-state index in [1.54, 1.807) is 0 Å². The number of aromatic nitrogens is 3. The van der Waals surface area contributed by atoms with E-state index in [1.165, 1.54) is 29.6 Å². The zero-order chi connectivity index (χ0) is 15.4. The third-order valence-corrected chi connectivity index (χ3v) is 4.35. The van der Waals surface area contributed by atoms with Crippen molar-refractivity contribution in [2.24, 2.45) is 0 Å². The molecule has 22 heavy (non-hydrogen) atoms. The lowest BCUT2D eigenvalue weighted by Gasteiger charge is -2.10. The van der Waals surface area contributed by atoms with Crippen molar-refractivity contribution in [3.8, 4) is 0 Å². The minimum atomic E-state index is 0.721. The van der Waals surface area contributed by atoms with Crippen LogP contribution in [0.3, 0.4) is 0 Å². The highest BCUT2D eigenvalue weighted by Crippen LogP contribution is 2.25. The van der Waals surface area contributed by atoms with E-state index in [4.69, 9.17) is 16.6 Å². The number of fused-ring (bicyclic) bond motifs is 3. The summed E-state index contributed by atoms with van der Waals surface area (Å²) in [6.45, 7) is 3.20. The van der Waals surface area contributed by atoms with Gasteiger partial charge in [0.15, 0.2) is 0 Å². The third-order valence-electron chi connectivity index (χ3n) is 4.08. The molecule has 3 aromatic rings. The lowest BCUT2D eigenvalue weighted by molar-refractivity contribution is 0.606. The molecule has 2 heterocycles. The molecule has 0 atom stereocenters. The number of hydrogen-bond donors (Lipinski definition) is 0. The van der Waals surface area contributed by atoms with Crippen LogP contribution in [0.2, 0.25) is 0 Å². The molecule has 0 unspecified atom stereocenters. The van der Waals surface area contributed by atoms with Crippen LogP contribution in [0.25, 0.3) is 21.9 Å². The van der Waals surface area contributed by atoms with E-state index in [0.29, 0.717) is 0 Å². The number of halogens is 1. The molecule has 1 aromatic carbocycles. The second-order valence-corrected chi connectivity index (χ2v) is 6.07. The number of pyridine rings is 1. The van der Waals surface area contributed by atoms with Crippen molar-refractivity contribution < 1.29 is 0 Å². The molecule has 0 radical (unpaired) electrons. The smallest absolute Gasteiger partial charge is 0.109 e. The number of para-hydroxylation sites is 1. The maximum Gasteiger partial charge on any atom is 0.109 e. The average Bonchev–Trinajstić information content (AvgIpc) is 2.91. The molecule has 0 spiro atoms. The molecular weight excluding hydrogens is 294 g/mol. The van der Waals surface area contributed by atoms with Crippen molar-refractivity contribution in [3.63, 3.8) is 0 Å². The maximum absolute atomic E-state index is 5.84. The molecular formula is C18H22ClN3. The minimum Gasteiger partial charge on any atom is -0.327 e. The fraction of sp³-hybridized carbons (Fsp3) is 0.444. The second kappa shape index (κ2) is 7.10. The van der Waals surface area contributed by atoms with Crippen LogP contribution in [0.1, 0.15) is 38.4 Å². The van der Waals surface area contributed by atoms with Crippen molar-refractivity contribution in [2.75, 3.05) is 5.88 Å². The fourth-order valence-electron chi connectivity index (χ4n) is 2.94. The summed E-state index contributed by atoms with van der Waals surface area (Å²) in [5, 5.41) is 1.20. The number of unbranched alkanes of at least 4 members (excludes halogenated alkanes) is 2. The number of imidazole rings is 1. The van der Waals surface area contributed by atoms with Crippen LogP contribution in [0.5, 0.6) is 0 Å².